The molecule has 0 spiro atoms. The molecule has 0 fully saturated rings. The molecular weight excluding hydrogens is 226 g/mol. The van der Waals surface area contributed by atoms with Crippen LogP contribution in [-0.4, -0.2) is 4.98 Å². The van der Waals surface area contributed by atoms with Crippen molar-refractivity contribution in [2.24, 2.45) is 0 Å². The molecule has 1 aromatic heterocycles. The van der Waals surface area contributed by atoms with Gasteiger partial charge in [-0.15, -0.1) is 0 Å². The summed E-state index contributed by atoms with van der Waals surface area (Å²) in [6, 6.07) is 7.58. The van der Waals surface area contributed by atoms with Crippen LogP contribution in [0.15, 0.2) is 30.3 Å². The summed E-state index contributed by atoms with van der Waals surface area (Å²) in [6.45, 7) is 1.92. The Balaban J connectivity index is 2.30. The molecule has 0 radical (unpaired) electrons. The molecule has 2 aromatic rings. The van der Waals surface area contributed by atoms with Crippen LogP contribution in [0.1, 0.15) is 5.56 Å². The molecule has 2 N–H and O–H groups in total. The Morgan fingerprint density at radius 2 is 1.76 bits per heavy atom. The first kappa shape index (κ1) is 11.3. The van der Waals surface area contributed by atoms with E-state index in [4.69, 9.17) is 10.5 Å². The second-order valence-corrected chi connectivity index (χ2v) is 3.56. The van der Waals surface area contributed by atoms with Gasteiger partial charge in [-0.05, 0) is 19.1 Å². The lowest BCUT2D eigenvalue weighted by Gasteiger charge is -2.07. The lowest BCUT2D eigenvalue weighted by atomic mass is 10.2. The maximum absolute atomic E-state index is 13.3. The molecule has 1 aromatic carbocycles. The number of hydrogen-bond acceptors (Lipinski definition) is 3. The summed E-state index contributed by atoms with van der Waals surface area (Å²) in [6.07, 6.45) is 0. The Morgan fingerprint density at radius 1 is 1.12 bits per heavy atom. The highest BCUT2D eigenvalue weighted by molar-refractivity contribution is 5.37. The summed E-state index contributed by atoms with van der Waals surface area (Å²) in [5.74, 6) is -2.12. The fraction of sp³-hybridized carbons (Fsp3) is 0.0833. The van der Waals surface area contributed by atoms with Crippen molar-refractivity contribution < 1.29 is 13.5 Å². The highest BCUT2D eigenvalue weighted by atomic mass is 19.1. The van der Waals surface area contributed by atoms with E-state index in [1.54, 1.807) is 24.3 Å². The van der Waals surface area contributed by atoms with Gasteiger partial charge in [0.2, 0.25) is 0 Å². The number of anilines is 1. The molecular formula is C12H10F2N2O. The average Bonchev–Trinajstić information content (AvgIpc) is 2.29. The molecule has 2 rings (SSSR count). The highest BCUT2D eigenvalue weighted by Gasteiger charge is 2.11. The predicted molar refractivity (Wildman–Crippen MR) is 59.8 cm³/mol. The smallest absolute Gasteiger partial charge is 0.258 e. The first-order chi connectivity index (χ1) is 8.06. The first-order valence-corrected chi connectivity index (χ1v) is 4.92. The zero-order chi connectivity index (χ0) is 12.4. The van der Waals surface area contributed by atoms with Gasteiger partial charge >= 0.3 is 0 Å². The van der Waals surface area contributed by atoms with Crippen molar-refractivity contribution in [3.05, 3.63) is 47.5 Å². The molecule has 0 bridgehead atoms. The Morgan fingerprint density at radius 3 is 2.41 bits per heavy atom. The van der Waals surface area contributed by atoms with Crippen molar-refractivity contribution in [3.8, 4) is 11.6 Å². The van der Waals surface area contributed by atoms with Gasteiger partial charge in [0, 0.05) is 6.07 Å². The Bertz CT molecular complexity index is 541. The van der Waals surface area contributed by atoms with Gasteiger partial charge in [0.15, 0.2) is 17.5 Å². The number of benzene rings is 1. The molecule has 0 aliphatic heterocycles. The van der Waals surface area contributed by atoms with Crippen molar-refractivity contribution in [1.29, 1.82) is 0 Å². The summed E-state index contributed by atoms with van der Waals surface area (Å²) in [4.78, 5) is 3.50. The number of pyridine rings is 1. The van der Waals surface area contributed by atoms with E-state index in [0.717, 1.165) is 5.56 Å². The normalized spacial score (nSPS) is 10.3. The van der Waals surface area contributed by atoms with Crippen LogP contribution in [0.25, 0.3) is 0 Å². The maximum Gasteiger partial charge on any atom is 0.258 e. The van der Waals surface area contributed by atoms with Crippen LogP contribution >= 0.6 is 0 Å². The van der Waals surface area contributed by atoms with Crippen LogP contribution < -0.4 is 10.5 Å². The molecule has 17 heavy (non-hydrogen) atoms. The number of aromatic nitrogens is 1. The number of halogens is 2. The van der Waals surface area contributed by atoms with Crippen LogP contribution in [0.5, 0.6) is 11.6 Å². The van der Waals surface area contributed by atoms with Crippen LogP contribution in [0.4, 0.5) is 14.6 Å². The van der Waals surface area contributed by atoms with E-state index < -0.39 is 17.5 Å². The molecule has 0 atom stereocenters. The third-order valence-corrected chi connectivity index (χ3v) is 2.16. The third-order valence-electron chi connectivity index (χ3n) is 2.16. The Kier molecular flexibility index (Phi) is 2.91. The van der Waals surface area contributed by atoms with Crippen molar-refractivity contribution in [2.75, 3.05) is 5.73 Å². The van der Waals surface area contributed by atoms with Gasteiger partial charge in [0.05, 0.1) is 0 Å². The fourth-order valence-corrected chi connectivity index (χ4v) is 1.25. The zero-order valence-corrected chi connectivity index (χ0v) is 9.08. The van der Waals surface area contributed by atoms with E-state index in [1.807, 2.05) is 6.92 Å². The van der Waals surface area contributed by atoms with Gasteiger partial charge in [0.25, 0.3) is 5.88 Å². The summed E-state index contributed by atoms with van der Waals surface area (Å²) in [5.41, 5.74) is 6.28. The first-order valence-electron chi connectivity index (χ1n) is 4.92. The molecule has 0 aliphatic rings. The number of hydrogen-bond donors (Lipinski definition) is 1. The number of aryl methyl sites for hydroxylation is 1. The minimum Gasteiger partial charge on any atom is -0.436 e. The van der Waals surface area contributed by atoms with Crippen LogP contribution in [0, 0.1) is 18.6 Å². The van der Waals surface area contributed by atoms with Crippen LogP contribution in [-0.2, 0) is 0 Å². The van der Waals surface area contributed by atoms with E-state index in [2.05, 4.69) is 4.98 Å². The predicted octanol–water partition coefficient (Wildman–Crippen LogP) is 3.04. The minimum atomic E-state index is -0.904. The molecule has 3 nitrogen and oxygen atoms in total. The second-order valence-electron chi connectivity index (χ2n) is 3.56. The number of nitrogens with two attached hydrogens (primary N) is 1. The summed E-state index contributed by atoms with van der Waals surface area (Å²) in [7, 11) is 0. The SMILES string of the molecule is Cc1ccc(Oc2nc(N)c(F)cc2F)cc1. The topological polar surface area (TPSA) is 48.1 Å². The van der Waals surface area contributed by atoms with Gasteiger partial charge in [0.1, 0.15) is 5.75 Å². The largest absolute Gasteiger partial charge is 0.436 e. The summed E-state index contributed by atoms with van der Waals surface area (Å²) < 4.78 is 31.3. The van der Waals surface area contributed by atoms with Gasteiger partial charge in [-0.1, -0.05) is 17.7 Å². The third kappa shape index (κ3) is 2.50. The number of nitrogens with zero attached hydrogens (tertiary/aromatic N) is 1. The molecule has 0 amide bonds. The van der Waals surface area contributed by atoms with Crippen LogP contribution in [0.3, 0.4) is 0 Å². The molecule has 88 valence electrons. The highest BCUT2D eigenvalue weighted by Crippen LogP contribution is 2.24. The molecule has 0 saturated heterocycles. The number of rotatable bonds is 2. The maximum atomic E-state index is 13.3. The molecule has 5 heteroatoms. The van der Waals surface area contributed by atoms with E-state index in [9.17, 15) is 8.78 Å². The Labute approximate surface area is 96.9 Å². The lowest BCUT2D eigenvalue weighted by Crippen LogP contribution is -2.00. The van der Waals surface area contributed by atoms with Gasteiger partial charge < -0.3 is 10.5 Å². The average molecular weight is 236 g/mol. The van der Waals surface area contributed by atoms with Crippen LogP contribution in [0.2, 0.25) is 0 Å². The molecule has 0 saturated carbocycles. The lowest BCUT2D eigenvalue weighted by molar-refractivity contribution is 0.418. The quantitative estimate of drug-likeness (QED) is 0.871. The molecule has 1 heterocycles. The van der Waals surface area contributed by atoms with Gasteiger partial charge in [-0.2, -0.15) is 4.98 Å². The van der Waals surface area contributed by atoms with Gasteiger partial charge in [-0.3, -0.25) is 0 Å². The fourth-order valence-electron chi connectivity index (χ4n) is 1.25. The van der Waals surface area contributed by atoms with E-state index in [-0.39, 0.29) is 5.88 Å². The minimum absolute atomic E-state index is 0.340. The van der Waals surface area contributed by atoms with Crippen molar-refractivity contribution in [3.63, 3.8) is 0 Å². The van der Waals surface area contributed by atoms with E-state index >= 15 is 0 Å². The second kappa shape index (κ2) is 4.37. The molecule has 0 aliphatic carbocycles. The van der Waals surface area contributed by atoms with Crippen molar-refractivity contribution >= 4 is 5.82 Å². The van der Waals surface area contributed by atoms with Crippen molar-refractivity contribution in [1.82, 2.24) is 4.98 Å². The Hall–Kier alpha value is -2.17. The molecule has 0 unspecified atom stereocenters. The number of ether oxygens (including phenoxy) is 1. The summed E-state index contributed by atoms with van der Waals surface area (Å²) in [5, 5.41) is 0. The van der Waals surface area contributed by atoms with Crippen molar-refractivity contribution in [2.45, 2.75) is 6.92 Å². The summed E-state index contributed by atoms with van der Waals surface area (Å²) >= 11 is 0. The monoisotopic (exact) mass is 236 g/mol. The standard InChI is InChI=1S/C12H10F2N2O/c1-7-2-4-8(5-3-7)17-12-10(14)6-9(13)11(15)16-12/h2-6H,1H3,(H2,15,16). The van der Waals surface area contributed by atoms with E-state index in [1.165, 1.54) is 0 Å². The number of nitrogen functional groups attached to an aromatic ring is 1. The van der Waals surface area contributed by atoms with E-state index in [0.29, 0.717) is 11.8 Å². The van der Waals surface area contributed by atoms with Gasteiger partial charge in [-0.25, -0.2) is 8.78 Å². The zero-order valence-electron chi connectivity index (χ0n) is 9.08.